The summed E-state index contributed by atoms with van der Waals surface area (Å²) >= 11 is 0. The highest BCUT2D eigenvalue weighted by molar-refractivity contribution is 5.28. The Bertz CT molecular complexity index is 713. The molecule has 0 aromatic heterocycles. The molecule has 2 aliphatic rings. The van der Waals surface area contributed by atoms with E-state index >= 15 is 0 Å². The standard InChI is InChI=1S/C37H61N/c1-2-3-4-5-6-7-8-9-10-11-12-13-14-15-16-26-33-37(34-27-20-17-21-28-34)38(35-29-22-18-23-30-35)36-31-24-19-25-32-36/h17,20-21,27-28,35-37H,2-16,18-19,22-25,29-32H2,1H3. The molecule has 0 bridgehead atoms. The van der Waals surface area contributed by atoms with E-state index in [-0.39, 0.29) is 6.04 Å². The highest BCUT2D eigenvalue weighted by Crippen LogP contribution is 2.36. The maximum atomic E-state index is 3.85. The van der Waals surface area contributed by atoms with Gasteiger partial charge in [0.25, 0.3) is 0 Å². The Hall–Kier alpha value is -1.26. The van der Waals surface area contributed by atoms with Crippen LogP contribution in [0.5, 0.6) is 0 Å². The van der Waals surface area contributed by atoms with Crippen molar-refractivity contribution >= 4 is 0 Å². The van der Waals surface area contributed by atoms with Crippen molar-refractivity contribution < 1.29 is 0 Å². The van der Waals surface area contributed by atoms with Gasteiger partial charge in [-0.2, -0.15) is 0 Å². The lowest BCUT2D eigenvalue weighted by Crippen LogP contribution is -2.47. The minimum atomic E-state index is 0.286. The minimum Gasteiger partial charge on any atom is -0.280 e. The summed E-state index contributed by atoms with van der Waals surface area (Å²) in [6, 6.07) is 13.0. The Kier molecular flexibility index (Phi) is 17.0. The van der Waals surface area contributed by atoms with Crippen molar-refractivity contribution in [1.29, 1.82) is 0 Å². The van der Waals surface area contributed by atoms with Gasteiger partial charge in [-0.15, -0.1) is 5.92 Å². The van der Waals surface area contributed by atoms with Gasteiger partial charge in [0, 0.05) is 18.5 Å². The van der Waals surface area contributed by atoms with E-state index in [4.69, 9.17) is 0 Å². The molecule has 0 N–H and O–H groups in total. The van der Waals surface area contributed by atoms with Crippen LogP contribution in [-0.2, 0) is 0 Å². The molecule has 0 aliphatic heterocycles. The lowest BCUT2D eigenvalue weighted by Gasteiger charge is -2.44. The number of hydrogen-bond donors (Lipinski definition) is 0. The van der Waals surface area contributed by atoms with Gasteiger partial charge in [-0.3, -0.25) is 4.90 Å². The molecule has 1 aromatic carbocycles. The van der Waals surface area contributed by atoms with E-state index in [2.05, 4.69) is 54.0 Å². The second-order valence-electron chi connectivity index (χ2n) is 12.5. The zero-order valence-corrected chi connectivity index (χ0v) is 25.2. The van der Waals surface area contributed by atoms with Gasteiger partial charge in [0.1, 0.15) is 0 Å². The van der Waals surface area contributed by atoms with Gasteiger partial charge in [0.2, 0.25) is 0 Å². The molecule has 0 heterocycles. The minimum absolute atomic E-state index is 0.286. The Labute approximate surface area is 237 Å². The van der Waals surface area contributed by atoms with Crippen molar-refractivity contribution in [2.75, 3.05) is 0 Å². The average Bonchev–Trinajstić information content (AvgIpc) is 2.98. The van der Waals surface area contributed by atoms with Crippen LogP contribution in [0.2, 0.25) is 0 Å². The second-order valence-corrected chi connectivity index (χ2v) is 12.5. The maximum Gasteiger partial charge on any atom is 0.0975 e. The molecule has 2 aliphatic carbocycles. The van der Waals surface area contributed by atoms with Crippen LogP contribution in [-0.4, -0.2) is 17.0 Å². The SMILES string of the molecule is CCCCCCCCCCCCCCCCC#CC(c1ccccc1)N(C1CCCCC1)C1CCCCC1. The van der Waals surface area contributed by atoms with E-state index in [0.717, 1.165) is 18.5 Å². The van der Waals surface area contributed by atoms with Gasteiger partial charge >= 0.3 is 0 Å². The molecule has 1 heteroatoms. The first-order chi connectivity index (χ1) is 18.9. The molecule has 1 aromatic rings. The average molecular weight is 520 g/mol. The number of nitrogens with zero attached hydrogens (tertiary/aromatic N) is 1. The van der Waals surface area contributed by atoms with Crippen molar-refractivity contribution in [2.24, 2.45) is 0 Å². The highest BCUT2D eigenvalue weighted by Gasteiger charge is 2.34. The smallest absolute Gasteiger partial charge is 0.0975 e. The zero-order valence-electron chi connectivity index (χ0n) is 25.2. The highest BCUT2D eigenvalue weighted by atomic mass is 15.2. The van der Waals surface area contributed by atoms with Crippen LogP contribution in [0.25, 0.3) is 0 Å². The fraction of sp³-hybridized carbons (Fsp3) is 0.784. The van der Waals surface area contributed by atoms with Crippen molar-refractivity contribution in [2.45, 2.75) is 186 Å². The van der Waals surface area contributed by atoms with Crippen molar-refractivity contribution in [3.63, 3.8) is 0 Å². The Morgan fingerprint density at radius 3 is 1.53 bits per heavy atom. The predicted molar refractivity (Wildman–Crippen MR) is 167 cm³/mol. The molecule has 2 saturated carbocycles. The summed E-state index contributed by atoms with van der Waals surface area (Å²) in [6.07, 6.45) is 34.9. The van der Waals surface area contributed by atoms with E-state index in [1.165, 1.54) is 160 Å². The molecule has 0 amide bonds. The number of hydrogen-bond acceptors (Lipinski definition) is 1. The largest absolute Gasteiger partial charge is 0.280 e. The number of rotatable bonds is 18. The van der Waals surface area contributed by atoms with Crippen LogP contribution in [0.15, 0.2) is 30.3 Å². The van der Waals surface area contributed by atoms with Gasteiger partial charge in [0.05, 0.1) is 6.04 Å². The molecule has 0 saturated heterocycles. The molecule has 1 atom stereocenters. The molecule has 214 valence electrons. The summed E-state index contributed by atoms with van der Waals surface area (Å²) < 4.78 is 0. The molecular weight excluding hydrogens is 458 g/mol. The van der Waals surface area contributed by atoms with E-state index in [9.17, 15) is 0 Å². The van der Waals surface area contributed by atoms with Gasteiger partial charge < -0.3 is 0 Å². The molecular formula is C37H61N. The Morgan fingerprint density at radius 2 is 1.05 bits per heavy atom. The summed E-state index contributed by atoms with van der Waals surface area (Å²) in [5, 5.41) is 0. The van der Waals surface area contributed by atoms with Crippen LogP contribution in [0, 0.1) is 11.8 Å². The molecule has 3 rings (SSSR count). The Balaban J connectivity index is 1.39. The third-order valence-electron chi connectivity index (χ3n) is 9.30. The van der Waals surface area contributed by atoms with Crippen molar-refractivity contribution in [3.05, 3.63) is 35.9 Å². The second kappa shape index (κ2) is 20.6. The first-order valence-electron chi connectivity index (χ1n) is 17.2. The van der Waals surface area contributed by atoms with Crippen LogP contribution < -0.4 is 0 Å². The zero-order chi connectivity index (χ0) is 26.5. The molecule has 2 fully saturated rings. The summed E-state index contributed by atoms with van der Waals surface area (Å²) in [6.45, 7) is 2.30. The van der Waals surface area contributed by atoms with Crippen LogP contribution in [0.4, 0.5) is 0 Å². The van der Waals surface area contributed by atoms with Crippen LogP contribution in [0.1, 0.15) is 179 Å². The van der Waals surface area contributed by atoms with Gasteiger partial charge in [-0.05, 0) is 37.7 Å². The van der Waals surface area contributed by atoms with Gasteiger partial charge in [0.15, 0.2) is 0 Å². The van der Waals surface area contributed by atoms with E-state index in [1.807, 2.05) is 0 Å². The maximum absolute atomic E-state index is 3.85. The normalized spacial score (nSPS) is 17.8. The first-order valence-corrected chi connectivity index (χ1v) is 17.2. The number of unbranched alkanes of at least 4 members (excludes halogenated alkanes) is 14. The third-order valence-corrected chi connectivity index (χ3v) is 9.30. The third kappa shape index (κ3) is 12.3. The Morgan fingerprint density at radius 1 is 0.605 bits per heavy atom. The van der Waals surface area contributed by atoms with Gasteiger partial charge in [-0.1, -0.05) is 165 Å². The summed E-state index contributed by atoms with van der Waals surface area (Å²) in [5.74, 6) is 7.55. The summed E-state index contributed by atoms with van der Waals surface area (Å²) in [4.78, 5) is 2.92. The van der Waals surface area contributed by atoms with Crippen LogP contribution in [0.3, 0.4) is 0 Å². The van der Waals surface area contributed by atoms with Crippen molar-refractivity contribution in [1.82, 2.24) is 4.90 Å². The fourth-order valence-corrected chi connectivity index (χ4v) is 7.02. The lowest BCUT2D eigenvalue weighted by atomic mass is 9.86. The van der Waals surface area contributed by atoms with Crippen molar-refractivity contribution in [3.8, 4) is 11.8 Å². The quantitative estimate of drug-likeness (QED) is 0.138. The van der Waals surface area contributed by atoms with Gasteiger partial charge in [-0.25, -0.2) is 0 Å². The number of benzene rings is 1. The molecule has 1 nitrogen and oxygen atoms in total. The molecule has 0 spiro atoms. The fourth-order valence-electron chi connectivity index (χ4n) is 7.02. The molecule has 38 heavy (non-hydrogen) atoms. The van der Waals surface area contributed by atoms with E-state index in [0.29, 0.717) is 0 Å². The predicted octanol–water partition coefficient (Wildman–Crippen LogP) is 11.6. The van der Waals surface area contributed by atoms with Crippen LogP contribution >= 0.6 is 0 Å². The lowest BCUT2D eigenvalue weighted by molar-refractivity contribution is 0.0578. The monoisotopic (exact) mass is 519 g/mol. The van der Waals surface area contributed by atoms with E-state index in [1.54, 1.807) is 0 Å². The first kappa shape index (κ1) is 31.3. The summed E-state index contributed by atoms with van der Waals surface area (Å²) in [7, 11) is 0. The topological polar surface area (TPSA) is 3.24 Å². The molecule has 1 unspecified atom stereocenters. The summed E-state index contributed by atoms with van der Waals surface area (Å²) in [5.41, 5.74) is 1.43. The van der Waals surface area contributed by atoms with E-state index < -0.39 is 0 Å². The molecule has 0 radical (unpaired) electrons.